The van der Waals surface area contributed by atoms with E-state index >= 15 is 0 Å². The molecule has 0 saturated heterocycles. The fraction of sp³-hybridized carbons (Fsp3) is 0.714. The van der Waals surface area contributed by atoms with Crippen LogP contribution in [0.5, 0.6) is 0 Å². The maximum atomic E-state index is 10.7. The Morgan fingerprint density at radius 1 is 1.73 bits per heavy atom. The summed E-state index contributed by atoms with van der Waals surface area (Å²) in [6.07, 6.45) is 0.926. The van der Waals surface area contributed by atoms with Crippen molar-refractivity contribution in [3.8, 4) is 0 Å². The molecule has 0 aromatic carbocycles. The van der Waals surface area contributed by atoms with Crippen molar-refractivity contribution in [2.45, 2.75) is 25.8 Å². The zero-order chi connectivity index (χ0) is 9.07. The lowest BCUT2D eigenvalue weighted by molar-refractivity contribution is -0.152. The summed E-state index contributed by atoms with van der Waals surface area (Å²) in [5, 5.41) is 8.73. The second-order valence-electron chi connectivity index (χ2n) is 2.65. The predicted octanol–water partition coefficient (Wildman–Crippen LogP) is 0.328. The fourth-order valence-corrected chi connectivity index (χ4v) is 0.668. The quantitative estimate of drug-likeness (QED) is 0.601. The minimum atomic E-state index is -1.07. The third-order valence-corrected chi connectivity index (χ3v) is 2.09. The average Bonchev–Trinajstić information content (AvgIpc) is 2.01. The Labute approximate surface area is 65.8 Å². The van der Waals surface area contributed by atoms with Gasteiger partial charge in [-0.25, -0.2) is 4.79 Å². The number of carboxylic acids is 1. The normalized spacial score (nSPS) is 15.2. The largest absolute Gasteiger partial charge is 0.480 e. The number of aliphatic carboxylic acids is 1. The molecule has 0 aromatic heterocycles. The van der Waals surface area contributed by atoms with Crippen molar-refractivity contribution in [3.05, 3.63) is 0 Å². The average molecular weight is 159 g/mol. The maximum absolute atomic E-state index is 10.7. The van der Waals surface area contributed by atoms with Crippen LogP contribution in [0.3, 0.4) is 0 Å². The van der Waals surface area contributed by atoms with E-state index in [9.17, 15) is 9.59 Å². The summed E-state index contributed by atoms with van der Waals surface area (Å²) in [5.41, 5.74) is -1.07. The predicted molar refractivity (Wildman–Crippen MR) is 40.2 cm³/mol. The van der Waals surface area contributed by atoms with Crippen molar-refractivity contribution >= 4 is 12.4 Å². The lowest BCUT2D eigenvalue weighted by Crippen LogP contribution is -2.49. The van der Waals surface area contributed by atoms with E-state index in [1.165, 1.54) is 14.0 Å². The summed E-state index contributed by atoms with van der Waals surface area (Å²) in [5.74, 6) is -0.977. The molecule has 0 radical (unpaired) electrons. The number of hydrogen-bond donors (Lipinski definition) is 1. The van der Waals surface area contributed by atoms with Crippen LogP contribution in [0.15, 0.2) is 0 Å². The van der Waals surface area contributed by atoms with Crippen LogP contribution in [0.25, 0.3) is 0 Å². The molecular weight excluding hydrogens is 146 g/mol. The van der Waals surface area contributed by atoms with Crippen molar-refractivity contribution in [2.24, 2.45) is 0 Å². The molecule has 1 amide bonds. The van der Waals surface area contributed by atoms with Gasteiger partial charge in [0.2, 0.25) is 6.41 Å². The second kappa shape index (κ2) is 3.37. The number of amides is 1. The molecule has 0 aliphatic rings. The third kappa shape index (κ3) is 1.69. The third-order valence-electron chi connectivity index (χ3n) is 2.09. The summed E-state index contributed by atoms with van der Waals surface area (Å²) >= 11 is 0. The Morgan fingerprint density at radius 3 is 2.27 bits per heavy atom. The first-order valence-electron chi connectivity index (χ1n) is 3.40. The number of rotatable bonds is 4. The van der Waals surface area contributed by atoms with E-state index in [1.807, 2.05) is 0 Å². The Bertz CT molecular complexity index is 169. The van der Waals surface area contributed by atoms with Crippen LogP contribution in [-0.4, -0.2) is 35.0 Å². The van der Waals surface area contributed by atoms with Gasteiger partial charge in [0, 0.05) is 7.05 Å². The minimum absolute atomic E-state index is 0.400. The molecule has 1 unspecified atom stereocenters. The lowest BCUT2D eigenvalue weighted by Gasteiger charge is -2.30. The van der Waals surface area contributed by atoms with Gasteiger partial charge in [-0.15, -0.1) is 0 Å². The molecule has 0 bridgehead atoms. The minimum Gasteiger partial charge on any atom is -0.480 e. The van der Waals surface area contributed by atoms with Crippen molar-refractivity contribution in [1.29, 1.82) is 0 Å². The van der Waals surface area contributed by atoms with Gasteiger partial charge in [0.25, 0.3) is 0 Å². The monoisotopic (exact) mass is 159 g/mol. The zero-order valence-electron chi connectivity index (χ0n) is 7.00. The van der Waals surface area contributed by atoms with E-state index in [0.29, 0.717) is 12.8 Å². The molecular formula is C7H13NO3. The van der Waals surface area contributed by atoms with Crippen LogP contribution in [0.2, 0.25) is 0 Å². The highest BCUT2D eigenvalue weighted by Crippen LogP contribution is 2.15. The van der Waals surface area contributed by atoms with Gasteiger partial charge in [-0.3, -0.25) is 4.79 Å². The number of likely N-dealkylation sites (N-methyl/N-ethyl adjacent to an activating group) is 1. The number of carbonyl (C=O) groups is 2. The van der Waals surface area contributed by atoms with Crippen LogP contribution in [0, 0.1) is 0 Å². The number of hydrogen-bond acceptors (Lipinski definition) is 2. The van der Waals surface area contributed by atoms with Crippen molar-refractivity contribution in [2.75, 3.05) is 7.05 Å². The van der Waals surface area contributed by atoms with Gasteiger partial charge in [-0.05, 0) is 13.3 Å². The standard InChI is InChI=1S/C7H13NO3/c1-4-7(2,6(10)11)8(3)5-9/h5H,4H2,1-3H3,(H,10,11). The summed E-state index contributed by atoms with van der Waals surface area (Å²) in [7, 11) is 1.46. The van der Waals surface area contributed by atoms with Gasteiger partial charge < -0.3 is 10.0 Å². The smallest absolute Gasteiger partial charge is 0.329 e. The SMILES string of the molecule is CCC(C)(C(=O)O)N(C)C=O. The summed E-state index contributed by atoms with van der Waals surface area (Å²) in [6.45, 7) is 3.25. The maximum Gasteiger partial charge on any atom is 0.329 e. The highest BCUT2D eigenvalue weighted by atomic mass is 16.4. The second-order valence-corrected chi connectivity index (χ2v) is 2.65. The molecule has 0 aliphatic heterocycles. The molecule has 0 spiro atoms. The van der Waals surface area contributed by atoms with E-state index in [-0.39, 0.29) is 0 Å². The summed E-state index contributed by atoms with van der Waals surface area (Å²) in [4.78, 5) is 22.1. The molecule has 4 nitrogen and oxygen atoms in total. The molecule has 0 fully saturated rings. The Balaban J connectivity index is 4.58. The van der Waals surface area contributed by atoms with Crippen LogP contribution in [-0.2, 0) is 9.59 Å². The first kappa shape index (κ1) is 9.94. The molecule has 0 saturated carbocycles. The van der Waals surface area contributed by atoms with Crippen LogP contribution in [0.1, 0.15) is 20.3 Å². The summed E-state index contributed by atoms with van der Waals surface area (Å²) in [6, 6.07) is 0. The van der Waals surface area contributed by atoms with Gasteiger partial charge in [-0.2, -0.15) is 0 Å². The van der Waals surface area contributed by atoms with E-state index in [0.717, 1.165) is 4.90 Å². The topological polar surface area (TPSA) is 57.6 Å². The van der Waals surface area contributed by atoms with E-state index in [1.54, 1.807) is 6.92 Å². The molecule has 0 heterocycles. The molecule has 11 heavy (non-hydrogen) atoms. The highest BCUT2D eigenvalue weighted by molar-refractivity contribution is 5.80. The zero-order valence-corrected chi connectivity index (χ0v) is 7.00. The van der Waals surface area contributed by atoms with E-state index in [4.69, 9.17) is 5.11 Å². The number of carbonyl (C=O) groups excluding carboxylic acids is 1. The number of nitrogens with zero attached hydrogens (tertiary/aromatic N) is 1. The molecule has 64 valence electrons. The molecule has 1 atom stereocenters. The molecule has 1 N–H and O–H groups in total. The van der Waals surface area contributed by atoms with Gasteiger partial charge in [0.1, 0.15) is 5.54 Å². The van der Waals surface area contributed by atoms with Crippen LogP contribution < -0.4 is 0 Å². The van der Waals surface area contributed by atoms with Crippen molar-refractivity contribution in [3.63, 3.8) is 0 Å². The van der Waals surface area contributed by atoms with Crippen LogP contribution in [0.4, 0.5) is 0 Å². The lowest BCUT2D eigenvalue weighted by atomic mass is 9.98. The summed E-state index contributed by atoms with van der Waals surface area (Å²) < 4.78 is 0. The Morgan fingerprint density at radius 2 is 2.18 bits per heavy atom. The molecule has 0 aliphatic carbocycles. The highest BCUT2D eigenvalue weighted by Gasteiger charge is 2.34. The first-order valence-corrected chi connectivity index (χ1v) is 3.40. The number of carboxylic acid groups (broad SMARTS) is 1. The van der Waals surface area contributed by atoms with Crippen LogP contribution >= 0.6 is 0 Å². The van der Waals surface area contributed by atoms with Crippen molar-refractivity contribution in [1.82, 2.24) is 4.90 Å². The molecule has 0 aromatic rings. The van der Waals surface area contributed by atoms with Gasteiger partial charge in [0.05, 0.1) is 0 Å². The van der Waals surface area contributed by atoms with E-state index in [2.05, 4.69) is 0 Å². The fourth-order valence-electron chi connectivity index (χ4n) is 0.668. The molecule has 0 rings (SSSR count). The first-order chi connectivity index (χ1) is 4.99. The van der Waals surface area contributed by atoms with E-state index < -0.39 is 11.5 Å². The Hall–Kier alpha value is -1.06. The van der Waals surface area contributed by atoms with Gasteiger partial charge >= 0.3 is 5.97 Å². The molecule has 4 heteroatoms. The van der Waals surface area contributed by atoms with Crippen molar-refractivity contribution < 1.29 is 14.7 Å². The van der Waals surface area contributed by atoms with Gasteiger partial charge in [-0.1, -0.05) is 6.92 Å². The van der Waals surface area contributed by atoms with Gasteiger partial charge in [0.15, 0.2) is 0 Å². The Kier molecular flexibility index (Phi) is 3.04.